The van der Waals surface area contributed by atoms with Gasteiger partial charge in [-0.05, 0) is 49.5 Å². The molecule has 4 aromatic rings. The summed E-state index contributed by atoms with van der Waals surface area (Å²) < 4.78 is 2.24. The van der Waals surface area contributed by atoms with Gasteiger partial charge in [-0.3, -0.25) is 9.97 Å². The summed E-state index contributed by atoms with van der Waals surface area (Å²) >= 11 is 0. The van der Waals surface area contributed by atoms with Gasteiger partial charge < -0.3 is 14.6 Å². The monoisotopic (exact) mass is 582 g/mol. The van der Waals surface area contributed by atoms with Crippen molar-refractivity contribution >= 4 is 27.6 Å². The molecule has 0 unspecified atom stereocenters. The summed E-state index contributed by atoms with van der Waals surface area (Å²) in [4.78, 5) is 11.7. The number of aromatic nitrogens is 3. The van der Waals surface area contributed by atoms with Gasteiger partial charge in [0, 0.05) is 67.8 Å². The van der Waals surface area contributed by atoms with Gasteiger partial charge in [0.15, 0.2) is 0 Å². The number of imidazole rings is 1. The topological polar surface area (TPSA) is 45.5 Å². The molecule has 27 heavy (non-hydrogen) atoms. The molecule has 0 bridgehead atoms. The van der Waals surface area contributed by atoms with Gasteiger partial charge in [0.25, 0.3) is 0 Å². The zero-order chi connectivity index (χ0) is 17.3. The summed E-state index contributed by atoms with van der Waals surface area (Å²) in [7, 11) is 0. The number of nitrogens with one attached hydrogen (secondary N) is 1. The van der Waals surface area contributed by atoms with E-state index in [1.54, 1.807) is 0 Å². The maximum Gasteiger partial charge on any atom is 0.0735 e. The summed E-state index contributed by atoms with van der Waals surface area (Å²) in [5, 5.41) is 4.61. The van der Waals surface area contributed by atoms with E-state index in [2.05, 4.69) is 56.5 Å². The van der Waals surface area contributed by atoms with Gasteiger partial charge in [-0.1, -0.05) is 12.1 Å². The van der Waals surface area contributed by atoms with Crippen LogP contribution in [0.4, 0.5) is 0 Å². The number of fused-ring (bicyclic) bond motifs is 5. The van der Waals surface area contributed by atoms with E-state index in [1.165, 1.54) is 25.9 Å². The first-order valence-electron chi connectivity index (χ1n) is 9.33. The Hall–Kier alpha value is -1.58. The molecule has 0 saturated carbocycles. The molecule has 136 valence electrons. The first kappa shape index (κ1) is 18.8. The molecule has 3 aromatic heterocycles. The second kappa shape index (κ2) is 8.20. The third-order valence-electron chi connectivity index (χ3n) is 5.23. The van der Waals surface area contributed by atoms with Crippen LogP contribution in [0.5, 0.6) is 0 Å². The van der Waals surface area contributed by atoms with Crippen molar-refractivity contribution in [3.63, 3.8) is 0 Å². The summed E-state index contributed by atoms with van der Waals surface area (Å²) in [6, 6.07) is 12.5. The fourth-order valence-electron chi connectivity index (χ4n) is 3.93. The zero-order valence-electron chi connectivity index (χ0n) is 15.2. The predicted octanol–water partition coefficient (Wildman–Crippen LogP) is 3.23. The van der Waals surface area contributed by atoms with E-state index < -0.39 is 0 Å². The second-order valence-electron chi connectivity index (χ2n) is 6.94. The van der Waals surface area contributed by atoms with E-state index in [0.717, 1.165) is 46.2 Å². The van der Waals surface area contributed by atoms with Gasteiger partial charge in [0.1, 0.15) is 0 Å². The molecule has 1 fully saturated rings. The summed E-state index contributed by atoms with van der Waals surface area (Å²) in [6.07, 6.45) is 6.44. The third-order valence-corrected chi connectivity index (χ3v) is 5.23. The molecule has 1 aliphatic heterocycles. The molecule has 4 heterocycles. The summed E-state index contributed by atoms with van der Waals surface area (Å²) in [6.45, 7) is 6.62. The van der Waals surface area contributed by atoms with Crippen molar-refractivity contribution in [2.45, 2.75) is 12.8 Å². The Kier molecular flexibility index (Phi) is 5.70. The Balaban J connectivity index is 0.00000180. The standard InChI is InChI=1S/C21H22N5.U/c1-2-6-20-18(5-1)24-21-17(15-23-9-12-25-10-3-4-11-25)13-16-14-22-8-7-19(16)26(20)21;/h1-2,5-8,13-15,23H,3-4,9-12H2;/q-1;. The normalized spacial score (nSPS) is 14.8. The largest absolute Gasteiger partial charge is 0.347 e. The fourth-order valence-corrected chi connectivity index (χ4v) is 3.93. The van der Waals surface area contributed by atoms with Crippen LogP contribution in [0, 0.1) is 37.7 Å². The Morgan fingerprint density at radius 3 is 2.81 bits per heavy atom. The molecule has 0 atom stereocenters. The Morgan fingerprint density at radius 2 is 1.93 bits per heavy atom. The van der Waals surface area contributed by atoms with Gasteiger partial charge in [-0.15, -0.1) is 18.2 Å². The Bertz CT molecular complexity index is 1070. The van der Waals surface area contributed by atoms with Gasteiger partial charge >= 0.3 is 0 Å². The number of benzene rings is 1. The molecule has 1 N–H and O–H groups in total. The minimum atomic E-state index is 0. The van der Waals surface area contributed by atoms with Crippen molar-refractivity contribution in [3.8, 4) is 0 Å². The van der Waals surface area contributed by atoms with E-state index in [4.69, 9.17) is 4.98 Å². The van der Waals surface area contributed by atoms with Crippen LogP contribution in [0.3, 0.4) is 0 Å². The molecule has 5 nitrogen and oxygen atoms in total. The smallest absolute Gasteiger partial charge is 0.0735 e. The van der Waals surface area contributed by atoms with Crippen molar-refractivity contribution in [1.82, 2.24) is 24.6 Å². The number of pyridine rings is 2. The number of rotatable bonds is 5. The quantitative estimate of drug-likeness (QED) is 0.290. The van der Waals surface area contributed by atoms with Crippen molar-refractivity contribution in [2.24, 2.45) is 0 Å². The summed E-state index contributed by atoms with van der Waals surface area (Å²) in [5.41, 5.74) is 5.37. The average Bonchev–Trinajstić information content (AvgIpc) is 3.33. The molecular formula is C21H22N5U-. The van der Waals surface area contributed by atoms with Gasteiger partial charge in [-0.2, -0.15) is 0 Å². The minimum absolute atomic E-state index is 0. The van der Waals surface area contributed by atoms with Gasteiger partial charge in [0.05, 0.1) is 11.0 Å². The van der Waals surface area contributed by atoms with Crippen molar-refractivity contribution in [2.75, 3.05) is 26.2 Å². The first-order chi connectivity index (χ1) is 12.9. The molecular weight excluding hydrogens is 560 g/mol. The van der Waals surface area contributed by atoms with Crippen LogP contribution in [0.1, 0.15) is 18.4 Å². The molecule has 0 radical (unpaired) electrons. The maximum atomic E-state index is 4.88. The molecule has 0 aliphatic carbocycles. The van der Waals surface area contributed by atoms with Crippen LogP contribution < -0.4 is 5.32 Å². The van der Waals surface area contributed by atoms with Crippen LogP contribution in [0.2, 0.25) is 0 Å². The molecule has 6 heteroatoms. The molecule has 0 amide bonds. The number of likely N-dealkylation sites (tertiary alicyclic amines) is 1. The van der Waals surface area contributed by atoms with Crippen molar-refractivity contribution in [3.05, 3.63) is 60.9 Å². The van der Waals surface area contributed by atoms with E-state index in [1.807, 2.05) is 18.5 Å². The molecule has 1 aliphatic rings. The van der Waals surface area contributed by atoms with E-state index in [9.17, 15) is 0 Å². The number of hydrogen-bond acceptors (Lipinski definition) is 4. The molecule has 1 saturated heterocycles. The number of hydrogen-bond donors (Lipinski definition) is 1. The van der Waals surface area contributed by atoms with Crippen LogP contribution in [0.15, 0.2) is 48.8 Å². The molecule has 0 spiro atoms. The van der Waals surface area contributed by atoms with Crippen LogP contribution in [-0.4, -0.2) is 45.4 Å². The van der Waals surface area contributed by atoms with Crippen LogP contribution >= 0.6 is 0 Å². The Morgan fingerprint density at radius 1 is 1.07 bits per heavy atom. The van der Waals surface area contributed by atoms with Crippen LogP contribution in [-0.2, 0) is 0 Å². The SMILES string of the molecule is [U].c1ccc2c(c1)nc1c([CH-]NCCN3CCCC3)cc3cnccc3n12. The minimum Gasteiger partial charge on any atom is -0.347 e. The first-order valence-corrected chi connectivity index (χ1v) is 9.33. The molecule has 1 aromatic carbocycles. The third kappa shape index (κ3) is 3.60. The van der Waals surface area contributed by atoms with Crippen LogP contribution in [0.25, 0.3) is 27.6 Å². The maximum absolute atomic E-state index is 4.88. The van der Waals surface area contributed by atoms with Gasteiger partial charge in [-0.25, -0.2) is 0 Å². The predicted molar refractivity (Wildman–Crippen MR) is 105 cm³/mol. The van der Waals surface area contributed by atoms with Crippen molar-refractivity contribution in [1.29, 1.82) is 0 Å². The summed E-state index contributed by atoms with van der Waals surface area (Å²) in [5.74, 6) is 0. The Labute approximate surface area is 182 Å². The number of para-hydroxylation sites is 2. The average molecular weight is 582 g/mol. The zero-order valence-corrected chi connectivity index (χ0v) is 19.4. The van der Waals surface area contributed by atoms with E-state index in [0.29, 0.717) is 0 Å². The van der Waals surface area contributed by atoms with Gasteiger partial charge in [0.2, 0.25) is 0 Å². The number of nitrogens with zero attached hydrogens (tertiary/aromatic N) is 4. The second-order valence-corrected chi connectivity index (χ2v) is 6.94. The van der Waals surface area contributed by atoms with E-state index in [-0.39, 0.29) is 31.1 Å². The fraction of sp³-hybridized carbons (Fsp3) is 0.286. The van der Waals surface area contributed by atoms with Crippen molar-refractivity contribution < 1.29 is 31.1 Å². The molecule has 5 rings (SSSR count). The van der Waals surface area contributed by atoms with E-state index >= 15 is 0 Å².